The Morgan fingerprint density at radius 2 is 1.77 bits per heavy atom. The van der Waals surface area contributed by atoms with Crippen LogP contribution in [0, 0.1) is 39.9 Å². The second-order valence-electron chi connectivity index (χ2n) is 15.7. The quantitative estimate of drug-likeness (QED) is 0.200. The lowest BCUT2D eigenvalue weighted by atomic mass is 9.38. The van der Waals surface area contributed by atoms with Gasteiger partial charge in [0.1, 0.15) is 28.8 Å². The van der Waals surface area contributed by atoms with E-state index < -0.39 is 112 Å². The van der Waals surface area contributed by atoms with Crippen molar-refractivity contribution in [2.45, 2.75) is 114 Å². The molecular formula is C33H44O14. The first kappa shape index (κ1) is 31.9. The molecule has 47 heavy (non-hydrogen) atoms. The molecule has 2 bridgehead atoms. The van der Waals surface area contributed by atoms with Crippen LogP contribution in [0.3, 0.4) is 0 Å². The Balaban J connectivity index is 1.32. The molecule has 0 unspecified atom stereocenters. The molecule has 0 aromatic carbocycles. The fourth-order valence-electron chi connectivity index (χ4n) is 11.9. The standard InChI is InChI=1S/C33H44O14/c1-14(2)9-20(35)45-17-11-18(44-15(3)34)31(26(38)40-6)13-42-21-22(31)30(17)12-43-25(37)23(30)28(4,24(21)36)33-19-10-16(29(33,5)47-33)32(39)7-8-41-27(32)46-19/h7-8,14,16-19,21-25,27,36-37,39H,9-13H2,1-6H3/t16-,17-,18-,19+,21-,22+,23+,24-,25+,27+,28+,29+,30+,31+,32-,33+/m1/s1. The molecule has 5 heterocycles. The molecule has 3 saturated carbocycles. The van der Waals surface area contributed by atoms with E-state index >= 15 is 0 Å². The van der Waals surface area contributed by atoms with Crippen molar-refractivity contribution in [2.75, 3.05) is 20.3 Å². The van der Waals surface area contributed by atoms with Gasteiger partial charge in [0.25, 0.3) is 0 Å². The van der Waals surface area contributed by atoms with E-state index in [2.05, 4.69) is 0 Å². The molecular weight excluding hydrogens is 620 g/mol. The van der Waals surface area contributed by atoms with E-state index in [1.165, 1.54) is 20.3 Å². The third-order valence-corrected chi connectivity index (χ3v) is 13.4. The zero-order valence-corrected chi connectivity index (χ0v) is 27.4. The average Bonchev–Trinajstić information content (AvgIpc) is 3.39. The lowest BCUT2D eigenvalue weighted by Crippen LogP contribution is -2.77. The van der Waals surface area contributed by atoms with Crippen LogP contribution in [0.5, 0.6) is 0 Å². The molecule has 0 radical (unpaired) electrons. The Morgan fingerprint density at radius 3 is 2.45 bits per heavy atom. The van der Waals surface area contributed by atoms with Crippen molar-refractivity contribution in [3.8, 4) is 0 Å². The summed E-state index contributed by atoms with van der Waals surface area (Å²) in [5.41, 5.74) is -8.17. The summed E-state index contributed by atoms with van der Waals surface area (Å²) in [6, 6.07) is 0. The second-order valence-corrected chi connectivity index (χ2v) is 15.7. The maximum Gasteiger partial charge on any atom is 0.318 e. The van der Waals surface area contributed by atoms with Gasteiger partial charge in [-0.15, -0.1) is 0 Å². The summed E-state index contributed by atoms with van der Waals surface area (Å²) in [4.78, 5) is 39.9. The summed E-state index contributed by atoms with van der Waals surface area (Å²) < 4.78 is 48.8. The topological polar surface area (TPSA) is 189 Å². The number of esters is 3. The Bertz CT molecular complexity index is 1430. The van der Waals surface area contributed by atoms with Gasteiger partial charge in [-0.05, 0) is 25.3 Å². The van der Waals surface area contributed by atoms with Crippen molar-refractivity contribution >= 4 is 17.9 Å². The third kappa shape index (κ3) is 3.43. The average molecular weight is 665 g/mol. The number of rotatable bonds is 6. The Labute approximate surface area is 271 Å². The van der Waals surface area contributed by atoms with Gasteiger partial charge < -0.3 is 53.2 Å². The van der Waals surface area contributed by atoms with E-state index in [0.29, 0.717) is 6.42 Å². The highest BCUT2D eigenvalue weighted by Gasteiger charge is 2.95. The number of hydrogen-bond donors (Lipinski definition) is 3. The summed E-state index contributed by atoms with van der Waals surface area (Å²) in [7, 11) is 1.23. The smallest absolute Gasteiger partial charge is 0.318 e. The van der Waals surface area contributed by atoms with Gasteiger partial charge in [0.2, 0.25) is 6.29 Å². The number of aliphatic hydroxyl groups is 3. The highest BCUT2D eigenvalue weighted by Crippen LogP contribution is 2.82. The van der Waals surface area contributed by atoms with Crippen molar-refractivity contribution in [3.63, 3.8) is 0 Å². The predicted molar refractivity (Wildman–Crippen MR) is 153 cm³/mol. The van der Waals surface area contributed by atoms with Crippen molar-refractivity contribution in [3.05, 3.63) is 12.3 Å². The number of fused-ring (bicyclic) bond motifs is 7. The Morgan fingerprint density at radius 1 is 1.02 bits per heavy atom. The van der Waals surface area contributed by atoms with E-state index in [1.54, 1.807) is 13.0 Å². The zero-order chi connectivity index (χ0) is 33.7. The van der Waals surface area contributed by atoms with Gasteiger partial charge in [-0.2, -0.15) is 0 Å². The third-order valence-electron chi connectivity index (χ3n) is 13.4. The predicted octanol–water partition coefficient (Wildman–Crippen LogP) is 0.334. The van der Waals surface area contributed by atoms with Crippen molar-refractivity contribution in [1.82, 2.24) is 0 Å². The largest absolute Gasteiger partial charge is 0.469 e. The van der Waals surface area contributed by atoms with Crippen LogP contribution in [0.2, 0.25) is 0 Å². The first-order valence-corrected chi connectivity index (χ1v) is 16.5. The van der Waals surface area contributed by atoms with Crippen molar-refractivity contribution in [1.29, 1.82) is 0 Å². The molecule has 0 aromatic heterocycles. The van der Waals surface area contributed by atoms with Crippen LogP contribution < -0.4 is 0 Å². The van der Waals surface area contributed by atoms with Crippen LogP contribution >= 0.6 is 0 Å². The highest BCUT2D eigenvalue weighted by atomic mass is 16.7. The summed E-state index contributed by atoms with van der Waals surface area (Å²) in [5.74, 6) is -4.35. The van der Waals surface area contributed by atoms with E-state index in [1.807, 2.05) is 20.8 Å². The van der Waals surface area contributed by atoms with Crippen molar-refractivity contribution < 1.29 is 67.6 Å². The summed E-state index contributed by atoms with van der Waals surface area (Å²) >= 11 is 0. The van der Waals surface area contributed by atoms with Crippen LogP contribution in [-0.2, 0) is 52.3 Å². The first-order chi connectivity index (χ1) is 22.1. The van der Waals surface area contributed by atoms with Crippen LogP contribution in [0.1, 0.15) is 53.9 Å². The molecule has 3 N–H and O–H groups in total. The summed E-state index contributed by atoms with van der Waals surface area (Å²) in [6.07, 6.45) is -4.42. The van der Waals surface area contributed by atoms with E-state index in [-0.39, 0.29) is 32.0 Å². The van der Waals surface area contributed by atoms with Crippen LogP contribution in [-0.4, -0.2) is 113 Å². The molecule has 14 heteroatoms. The van der Waals surface area contributed by atoms with Gasteiger partial charge in [-0.25, -0.2) is 0 Å². The molecule has 0 aromatic rings. The van der Waals surface area contributed by atoms with Crippen LogP contribution in [0.15, 0.2) is 12.3 Å². The molecule has 16 atom stereocenters. The number of ether oxygens (including phenoxy) is 8. The van der Waals surface area contributed by atoms with Gasteiger partial charge in [0, 0.05) is 48.3 Å². The van der Waals surface area contributed by atoms with Gasteiger partial charge in [-0.1, -0.05) is 20.8 Å². The Kier molecular flexibility index (Phi) is 6.57. The molecule has 260 valence electrons. The maximum absolute atomic E-state index is 14.0. The van der Waals surface area contributed by atoms with E-state index in [0.717, 1.165) is 0 Å². The summed E-state index contributed by atoms with van der Waals surface area (Å²) in [6.45, 7) is 8.26. The molecule has 14 nitrogen and oxygen atoms in total. The number of methoxy groups -OCH3 is 1. The zero-order valence-electron chi connectivity index (χ0n) is 27.4. The molecule has 1 spiro atoms. The lowest BCUT2D eigenvalue weighted by Gasteiger charge is -2.65. The number of carbonyl (C=O) groups excluding carboxylic acids is 3. The first-order valence-electron chi connectivity index (χ1n) is 16.5. The molecule has 5 aliphatic heterocycles. The molecule has 3 aliphatic carbocycles. The van der Waals surface area contributed by atoms with Gasteiger partial charge in [-0.3, -0.25) is 14.4 Å². The molecule has 0 amide bonds. The van der Waals surface area contributed by atoms with Gasteiger partial charge in [0.05, 0.1) is 44.9 Å². The number of hydrogen-bond acceptors (Lipinski definition) is 14. The fraction of sp³-hybridized carbons (Fsp3) is 0.848. The fourth-order valence-corrected chi connectivity index (χ4v) is 11.9. The second kappa shape index (κ2) is 9.67. The SMILES string of the molecule is COC(=O)[C@]12CO[C@@H]3[C@H]1[C@]1(CO[C@H](O)[C@H]1[C@](C)([C@]14O[C@@]1(C)[C@H]1C[C@@H]4O[C@@H]4OC=C[C@]41O)[C@@H]3O)[C@H](OC(=O)CC(C)C)C[C@H]2OC(C)=O. The maximum atomic E-state index is 14.0. The van der Waals surface area contributed by atoms with Crippen LogP contribution in [0.25, 0.3) is 0 Å². The molecule has 8 rings (SSSR count). The molecule has 7 fully saturated rings. The van der Waals surface area contributed by atoms with Crippen molar-refractivity contribution in [2.24, 2.45) is 39.9 Å². The minimum Gasteiger partial charge on any atom is -0.469 e. The van der Waals surface area contributed by atoms with Gasteiger partial charge in [0.15, 0.2) is 11.9 Å². The molecule has 4 saturated heterocycles. The monoisotopic (exact) mass is 664 g/mol. The minimum atomic E-state index is -1.61. The highest BCUT2D eigenvalue weighted by molar-refractivity contribution is 5.80. The summed E-state index contributed by atoms with van der Waals surface area (Å²) in [5, 5.41) is 36.4. The number of epoxide rings is 1. The number of carbonyl (C=O) groups is 3. The normalized spacial score (nSPS) is 55.8. The van der Waals surface area contributed by atoms with Crippen LogP contribution in [0.4, 0.5) is 0 Å². The number of aliphatic hydroxyl groups excluding tert-OH is 2. The Hall–Kier alpha value is -2.33. The van der Waals surface area contributed by atoms with E-state index in [4.69, 9.17) is 37.9 Å². The minimum absolute atomic E-state index is 0.0276. The van der Waals surface area contributed by atoms with Gasteiger partial charge >= 0.3 is 17.9 Å². The lowest BCUT2D eigenvalue weighted by molar-refractivity contribution is -0.302. The molecule has 8 aliphatic rings. The van der Waals surface area contributed by atoms with E-state index in [9.17, 15) is 29.7 Å².